The fraction of sp³-hybridized carbons (Fsp3) is 0.286. The largest absolute Gasteiger partial charge is 0.416 e. The lowest BCUT2D eigenvalue weighted by Crippen LogP contribution is -2.24. The zero-order valence-corrected chi connectivity index (χ0v) is 17.4. The van der Waals surface area contributed by atoms with Crippen LogP contribution in [0.1, 0.15) is 41.5 Å². The minimum atomic E-state index is -4.49. The Morgan fingerprint density at radius 1 is 1.13 bits per heavy atom. The summed E-state index contributed by atoms with van der Waals surface area (Å²) in [6, 6.07) is 10.0. The van der Waals surface area contributed by atoms with Gasteiger partial charge in [-0.2, -0.15) is 13.2 Å². The number of aromatic nitrogens is 3. The highest BCUT2D eigenvalue weighted by molar-refractivity contribution is 7.99. The number of hydrogen-bond donors (Lipinski definition) is 1. The van der Waals surface area contributed by atoms with E-state index in [4.69, 9.17) is 0 Å². The van der Waals surface area contributed by atoms with Gasteiger partial charge in [0, 0.05) is 11.3 Å². The standard InChI is InChI=1S/C21H20F4N4OS/c1-2-3-10-31-20-28-27-18(13-26-19(30)14-6-4-8-16(22)11-14)29(20)17-9-5-7-15(12-17)21(23,24)25/h4-9,11-12H,2-3,10,13H2,1H3,(H,26,30). The molecule has 3 rings (SSSR count). The van der Waals surface area contributed by atoms with Crippen LogP contribution in [0.25, 0.3) is 5.69 Å². The number of carbonyl (C=O) groups excluding carboxylic acids is 1. The van der Waals surface area contributed by atoms with Gasteiger partial charge >= 0.3 is 6.18 Å². The van der Waals surface area contributed by atoms with E-state index in [0.717, 1.165) is 36.8 Å². The number of thioether (sulfide) groups is 1. The van der Waals surface area contributed by atoms with Crippen molar-refractivity contribution in [3.8, 4) is 5.69 Å². The Morgan fingerprint density at radius 3 is 2.61 bits per heavy atom. The van der Waals surface area contributed by atoms with Gasteiger partial charge in [0.1, 0.15) is 5.82 Å². The summed E-state index contributed by atoms with van der Waals surface area (Å²) in [5.74, 6) is -0.0841. The summed E-state index contributed by atoms with van der Waals surface area (Å²) in [5, 5.41) is 11.2. The molecule has 3 aromatic rings. The predicted octanol–water partition coefficient (Wildman–Crippen LogP) is 5.25. The second-order valence-electron chi connectivity index (χ2n) is 6.68. The smallest absolute Gasteiger partial charge is 0.345 e. The second-order valence-corrected chi connectivity index (χ2v) is 7.74. The van der Waals surface area contributed by atoms with E-state index in [0.29, 0.717) is 5.16 Å². The summed E-state index contributed by atoms with van der Waals surface area (Å²) >= 11 is 1.38. The molecule has 0 saturated heterocycles. The molecular formula is C21H20F4N4OS. The van der Waals surface area contributed by atoms with E-state index in [1.54, 1.807) is 0 Å². The van der Waals surface area contributed by atoms with Gasteiger partial charge in [-0.1, -0.05) is 37.2 Å². The Morgan fingerprint density at radius 2 is 1.90 bits per heavy atom. The number of carbonyl (C=O) groups is 1. The molecule has 5 nitrogen and oxygen atoms in total. The molecule has 1 heterocycles. The Balaban J connectivity index is 1.89. The SMILES string of the molecule is CCCCSc1nnc(CNC(=O)c2cccc(F)c2)n1-c1cccc(C(F)(F)F)c1. The minimum Gasteiger partial charge on any atom is -0.345 e. The number of amides is 1. The first kappa shape index (κ1) is 22.8. The zero-order chi connectivity index (χ0) is 22.4. The van der Waals surface area contributed by atoms with Gasteiger partial charge in [-0.05, 0) is 42.8 Å². The van der Waals surface area contributed by atoms with E-state index < -0.39 is 23.5 Å². The van der Waals surface area contributed by atoms with Crippen LogP contribution in [0, 0.1) is 5.82 Å². The maximum absolute atomic E-state index is 13.4. The number of halogens is 4. The molecule has 0 atom stereocenters. The molecule has 1 N–H and O–H groups in total. The number of unbranched alkanes of at least 4 members (excludes halogenated alkanes) is 1. The summed E-state index contributed by atoms with van der Waals surface area (Å²) in [5.41, 5.74) is -0.422. The summed E-state index contributed by atoms with van der Waals surface area (Å²) in [6.45, 7) is 1.94. The summed E-state index contributed by atoms with van der Waals surface area (Å²) in [7, 11) is 0. The van der Waals surface area contributed by atoms with Crippen molar-refractivity contribution in [1.82, 2.24) is 20.1 Å². The molecule has 10 heteroatoms. The molecule has 0 saturated carbocycles. The van der Waals surface area contributed by atoms with Crippen LogP contribution in [0.2, 0.25) is 0 Å². The summed E-state index contributed by atoms with van der Waals surface area (Å²) in [6.07, 6.45) is -2.63. The van der Waals surface area contributed by atoms with Crippen LogP contribution in [0.4, 0.5) is 17.6 Å². The monoisotopic (exact) mass is 452 g/mol. The van der Waals surface area contributed by atoms with Crippen LogP contribution < -0.4 is 5.32 Å². The summed E-state index contributed by atoms with van der Waals surface area (Å²) in [4.78, 5) is 12.3. The highest BCUT2D eigenvalue weighted by atomic mass is 32.2. The molecule has 0 aliphatic heterocycles. The minimum absolute atomic E-state index is 0.0903. The number of rotatable bonds is 8. The molecule has 0 spiro atoms. The van der Waals surface area contributed by atoms with Crippen molar-refractivity contribution >= 4 is 17.7 Å². The third kappa shape index (κ3) is 5.84. The van der Waals surface area contributed by atoms with Crippen LogP contribution in [0.5, 0.6) is 0 Å². The molecule has 0 fully saturated rings. The quantitative estimate of drug-likeness (QED) is 0.288. The summed E-state index contributed by atoms with van der Waals surface area (Å²) < 4.78 is 54.5. The van der Waals surface area contributed by atoms with Gasteiger partial charge in [0.05, 0.1) is 17.8 Å². The van der Waals surface area contributed by atoms with Crippen LogP contribution in [0.3, 0.4) is 0 Å². The molecule has 0 aliphatic rings. The van der Waals surface area contributed by atoms with E-state index in [1.165, 1.54) is 46.7 Å². The van der Waals surface area contributed by atoms with Crippen molar-refractivity contribution in [2.24, 2.45) is 0 Å². The highest BCUT2D eigenvalue weighted by Gasteiger charge is 2.31. The molecule has 1 amide bonds. The van der Waals surface area contributed by atoms with Gasteiger partial charge in [-0.25, -0.2) is 4.39 Å². The Hall–Kier alpha value is -2.88. The topological polar surface area (TPSA) is 59.8 Å². The van der Waals surface area contributed by atoms with Crippen molar-refractivity contribution in [3.63, 3.8) is 0 Å². The van der Waals surface area contributed by atoms with Crippen molar-refractivity contribution in [1.29, 1.82) is 0 Å². The van der Waals surface area contributed by atoms with Crippen molar-refractivity contribution < 1.29 is 22.4 Å². The van der Waals surface area contributed by atoms with Gasteiger partial charge < -0.3 is 5.32 Å². The molecule has 0 bridgehead atoms. The molecule has 0 aliphatic carbocycles. The number of benzene rings is 2. The maximum atomic E-state index is 13.4. The molecule has 31 heavy (non-hydrogen) atoms. The lowest BCUT2D eigenvalue weighted by Gasteiger charge is -2.13. The second kappa shape index (κ2) is 9.95. The van der Waals surface area contributed by atoms with Crippen molar-refractivity contribution in [2.75, 3.05) is 5.75 Å². The third-order valence-electron chi connectivity index (χ3n) is 4.35. The Bertz CT molecular complexity index is 1050. The van der Waals surface area contributed by atoms with Gasteiger partial charge in [-0.15, -0.1) is 10.2 Å². The first-order valence-electron chi connectivity index (χ1n) is 9.58. The number of nitrogens with one attached hydrogen (secondary N) is 1. The van der Waals surface area contributed by atoms with Crippen molar-refractivity contribution in [2.45, 2.75) is 37.6 Å². The molecule has 1 aromatic heterocycles. The predicted molar refractivity (Wildman–Crippen MR) is 110 cm³/mol. The van der Waals surface area contributed by atoms with E-state index in [-0.39, 0.29) is 23.6 Å². The Kier molecular flexibility index (Phi) is 7.32. The average Bonchev–Trinajstić information content (AvgIpc) is 3.14. The Labute approximate surface area is 180 Å². The lowest BCUT2D eigenvalue weighted by molar-refractivity contribution is -0.137. The van der Waals surface area contributed by atoms with Gasteiger partial charge in [0.15, 0.2) is 11.0 Å². The van der Waals surface area contributed by atoms with Crippen LogP contribution >= 0.6 is 11.8 Å². The number of hydrogen-bond acceptors (Lipinski definition) is 4. The average molecular weight is 452 g/mol. The van der Waals surface area contributed by atoms with Gasteiger partial charge in [-0.3, -0.25) is 9.36 Å². The van der Waals surface area contributed by atoms with Gasteiger partial charge in [0.25, 0.3) is 5.91 Å². The molecule has 0 radical (unpaired) electrons. The molecule has 0 unspecified atom stereocenters. The van der Waals surface area contributed by atoms with Gasteiger partial charge in [0.2, 0.25) is 0 Å². The third-order valence-corrected chi connectivity index (χ3v) is 5.37. The van der Waals surface area contributed by atoms with Crippen molar-refractivity contribution in [3.05, 3.63) is 71.3 Å². The van der Waals surface area contributed by atoms with E-state index >= 15 is 0 Å². The first-order valence-corrected chi connectivity index (χ1v) is 10.6. The normalized spacial score (nSPS) is 11.5. The number of alkyl halides is 3. The first-order chi connectivity index (χ1) is 14.8. The van der Waals surface area contributed by atoms with E-state index in [1.807, 2.05) is 6.92 Å². The fourth-order valence-corrected chi connectivity index (χ4v) is 3.84. The van der Waals surface area contributed by atoms with Crippen LogP contribution in [-0.2, 0) is 12.7 Å². The highest BCUT2D eigenvalue weighted by Crippen LogP contribution is 2.31. The van der Waals surface area contributed by atoms with Crippen LogP contribution in [-0.4, -0.2) is 26.4 Å². The molecule has 2 aromatic carbocycles. The fourth-order valence-electron chi connectivity index (χ4n) is 2.79. The zero-order valence-electron chi connectivity index (χ0n) is 16.6. The van der Waals surface area contributed by atoms with E-state index in [2.05, 4.69) is 15.5 Å². The van der Waals surface area contributed by atoms with Crippen LogP contribution in [0.15, 0.2) is 53.7 Å². The van der Waals surface area contributed by atoms with E-state index in [9.17, 15) is 22.4 Å². The molecular weight excluding hydrogens is 432 g/mol. The lowest BCUT2D eigenvalue weighted by atomic mass is 10.2. The number of nitrogens with zero attached hydrogens (tertiary/aromatic N) is 3. The maximum Gasteiger partial charge on any atom is 0.416 e. The molecule has 164 valence electrons.